The van der Waals surface area contributed by atoms with Crippen LogP contribution in [0.25, 0.3) is 16.6 Å². The zero-order valence-corrected chi connectivity index (χ0v) is 14.2. The van der Waals surface area contributed by atoms with E-state index < -0.39 is 0 Å². The normalized spacial score (nSPS) is 10.8. The van der Waals surface area contributed by atoms with Crippen molar-refractivity contribution in [3.8, 4) is 5.69 Å². The lowest BCUT2D eigenvalue weighted by molar-refractivity contribution is 0.112. The molecule has 24 heavy (non-hydrogen) atoms. The van der Waals surface area contributed by atoms with Gasteiger partial charge in [-0.3, -0.25) is 4.79 Å². The molecule has 2 aromatic heterocycles. The highest BCUT2D eigenvalue weighted by Crippen LogP contribution is 2.25. The van der Waals surface area contributed by atoms with Gasteiger partial charge in [-0.1, -0.05) is 6.92 Å². The summed E-state index contributed by atoms with van der Waals surface area (Å²) in [5.41, 5.74) is 2.48. The Morgan fingerprint density at radius 2 is 2.08 bits per heavy atom. The van der Waals surface area contributed by atoms with Crippen LogP contribution in [0.15, 0.2) is 36.7 Å². The van der Waals surface area contributed by atoms with Gasteiger partial charge in [0.25, 0.3) is 0 Å². The average molecular weight is 323 g/mol. The summed E-state index contributed by atoms with van der Waals surface area (Å²) in [6, 6.07) is 7.82. The van der Waals surface area contributed by atoms with E-state index in [-0.39, 0.29) is 0 Å². The summed E-state index contributed by atoms with van der Waals surface area (Å²) < 4.78 is 1.92. The molecule has 124 valence electrons. The number of nitrogens with one attached hydrogen (secondary N) is 1. The van der Waals surface area contributed by atoms with Gasteiger partial charge >= 0.3 is 0 Å². The van der Waals surface area contributed by atoms with Gasteiger partial charge < -0.3 is 14.8 Å². The Morgan fingerprint density at radius 3 is 2.75 bits per heavy atom. The van der Waals surface area contributed by atoms with Crippen LogP contribution in [0.1, 0.15) is 23.7 Å². The van der Waals surface area contributed by atoms with Crippen LogP contribution in [0.4, 0.5) is 11.8 Å². The zero-order valence-electron chi connectivity index (χ0n) is 14.2. The molecule has 0 spiro atoms. The minimum atomic E-state index is 0.650. The Morgan fingerprint density at radius 1 is 1.25 bits per heavy atom. The molecule has 1 aromatic carbocycles. The van der Waals surface area contributed by atoms with Crippen LogP contribution in [0.5, 0.6) is 0 Å². The maximum Gasteiger partial charge on any atom is 0.227 e. The minimum Gasteiger partial charge on any atom is -0.369 e. The van der Waals surface area contributed by atoms with Crippen LogP contribution in [0.3, 0.4) is 0 Å². The minimum absolute atomic E-state index is 0.650. The van der Waals surface area contributed by atoms with Gasteiger partial charge in [-0.25, -0.2) is 4.98 Å². The molecule has 0 atom stereocenters. The average Bonchev–Trinajstić information content (AvgIpc) is 3.08. The van der Waals surface area contributed by atoms with Crippen molar-refractivity contribution in [3.05, 3.63) is 42.2 Å². The first-order valence-corrected chi connectivity index (χ1v) is 7.99. The monoisotopic (exact) mass is 323 g/mol. The molecule has 0 saturated heterocycles. The van der Waals surface area contributed by atoms with Crippen molar-refractivity contribution < 1.29 is 4.79 Å². The summed E-state index contributed by atoms with van der Waals surface area (Å²) in [6.07, 6.45) is 5.54. The molecular weight excluding hydrogens is 302 g/mol. The maximum atomic E-state index is 10.9. The van der Waals surface area contributed by atoms with Crippen LogP contribution in [0, 0.1) is 0 Å². The quantitative estimate of drug-likeness (QED) is 0.706. The fourth-order valence-corrected chi connectivity index (χ4v) is 2.49. The van der Waals surface area contributed by atoms with Crippen molar-refractivity contribution in [2.75, 3.05) is 30.9 Å². The second-order valence-electron chi connectivity index (χ2n) is 5.86. The number of benzene rings is 1. The number of anilines is 2. The number of hydrogen-bond acceptors (Lipinski definition) is 5. The number of nitrogens with zero attached hydrogens (tertiary/aromatic N) is 4. The molecule has 3 aromatic rings. The van der Waals surface area contributed by atoms with E-state index >= 15 is 0 Å². The SMILES string of the molecule is CCCNc1nc(N(C)C)nc2cc(-n3ccc(C=O)c3)ccc12. The van der Waals surface area contributed by atoms with Gasteiger partial charge in [0.05, 0.1) is 5.52 Å². The highest BCUT2D eigenvalue weighted by atomic mass is 16.1. The summed E-state index contributed by atoms with van der Waals surface area (Å²) in [6.45, 7) is 2.99. The van der Waals surface area contributed by atoms with Crippen molar-refractivity contribution >= 4 is 29.0 Å². The molecule has 0 fully saturated rings. The summed E-state index contributed by atoms with van der Waals surface area (Å²) >= 11 is 0. The molecule has 0 bridgehead atoms. The second-order valence-corrected chi connectivity index (χ2v) is 5.86. The molecule has 0 aliphatic carbocycles. The topological polar surface area (TPSA) is 63.1 Å². The fourth-order valence-electron chi connectivity index (χ4n) is 2.49. The van der Waals surface area contributed by atoms with Crippen molar-refractivity contribution in [2.24, 2.45) is 0 Å². The standard InChI is InChI=1S/C18H21N5O/c1-4-8-19-17-15-6-5-14(23-9-7-13(11-23)12-24)10-16(15)20-18(21-17)22(2)3/h5-7,9-12H,4,8H2,1-3H3,(H,19,20,21). The molecule has 1 N–H and O–H groups in total. The number of aromatic nitrogens is 3. The Hall–Kier alpha value is -2.89. The Balaban J connectivity index is 2.11. The van der Waals surface area contributed by atoms with Crippen LogP contribution < -0.4 is 10.2 Å². The van der Waals surface area contributed by atoms with Crippen LogP contribution in [0.2, 0.25) is 0 Å². The predicted octanol–water partition coefficient (Wildman–Crippen LogP) is 3.12. The molecule has 0 saturated carbocycles. The van der Waals surface area contributed by atoms with Gasteiger partial charge in [0.2, 0.25) is 5.95 Å². The van der Waals surface area contributed by atoms with Gasteiger partial charge in [0, 0.05) is 49.7 Å². The molecule has 0 aliphatic rings. The summed E-state index contributed by atoms with van der Waals surface area (Å²) in [5.74, 6) is 1.51. The highest BCUT2D eigenvalue weighted by molar-refractivity contribution is 5.91. The number of aldehydes is 1. The lowest BCUT2D eigenvalue weighted by Gasteiger charge is -2.15. The third kappa shape index (κ3) is 3.08. The lowest BCUT2D eigenvalue weighted by atomic mass is 10.2. The molecule has 0 aliphatic heterocycles. The van der Waals surface area contributed by atoms with E-state index in [1.165, 1.54) is 0 Å². The van der Waals surface area contributed by atoms with Gasteiger partial charge in [-0.15, -0.1) is 0 Å². The number of carbonyl (C=O) groups excluding carboxylic acids is 1. The molecule has 0 unspecified atom stereocenters. The van der Waals surface area contributed by atoms with Crippen LogP contribution in [-0.4, -0.2) is 41.5 Å². The zero-order chi connectivity index (χ0) is 17.1. The number of hydrogen-bond donors (Lipinski definition) is 1. The molecule has 3 rings (SSSR count). The largest absolute Gasteiger partial charge is 0.369 e. The Bertz CT molecular complexity index is 869. The van der Waals surface area contributed by atoms with Gasteiger partial charge in [-0.05, 0) is 30.7 Å². The summed E-state index contributed by atoms with van der Waals surface area (Å²) in [5, 5.41) is 4.36. The van der Waals surface area contributed by atoms with Crippen molar-refractivity contribution in [1.29, 1.82) is 0 Å². The molecule has 0 amide bonds. The molecule has 0 radical (unpaired) electrons. The number of rotatable bonds is 6. The Labute approximate surface area is 141 Å². The first kappa shape index (κ1) is 16.0. The second kappa shape index (κ2) is 6.70. The number of carbonyl (C=O) groups is 1. The smallest absolute Gasteiger partial charge is 0.227 e. The molecule has 6 nitrogen and oxygen atoms in total. The van der Waals surface area contributed by atoms with E-state index in [0.717, 1.165) is 41.7 Å². The summed E-state index contributed by atoms with van der Waals surface area (Å²) in [4.78, 5) is 22.0. The van der Waals surface area contributed by atoms with Crippen molar-refractivity contribution in [2.45, 2.75) is 13.3 Å². The molecule has 6 heteroatoms. The van der Waals surface area contributed by atoms with E-state index in [0.29, 0.717) is 11.5 Å². The van der Waals surface area contributed by atoms with E-state index in [1.807, 2.05) is 48.0 Å². The molecule has 2 heterocycles. The first-order chi connectivity index (χ1) is 11.6. The molecular formula is C18H21N5O. The van der Waals surface area contributed by atoms with Crippen molar-refractivity contribution in [3.63, 3.8) is 0 Å². The van der Waals surface area contributed by atoms with E-state index in [4.69, 9.17) is 0 Å². The highest BCUT2D eigenvalue weighted by Gasteiger charge is 2.10. The predicted molar refractivity (Wildman–Crippen MR) is 97.4 cm³/mol. The number of fused-ring (bicyclic) bond motifs is 1. The third-order valence-electron chi connectivity index (χ3n) is 3.76. The third-order valence-corrected chi connectivity index (χ3v) is 3.76. The Kier molecular flexibility index (Phi) is 4.46. The van der Waals surface area contributed by atoms with Gasteiger partial charge in [0.15, 0.2) is 6.29 Å². The fraction of sp³-hybridized carbons (Fsp3) is 0.278. The summed E-state index contributed by atoms with van der Waals surface area (Å²) in [7, 11) is 3.86. The first-order valence-electron chi connectivity index (χ1n) is 7.99. The van der Waals surface area contributed by atoms with E-state index in [1.54, 1.807) is 12.3 Å². The van der Waals surface area contributed by atoms with Gasteiger partial charge in [-0.2, -0.15) is 4.98 Å². The van der Waals surface area contributed by atoms with Crippen LogP contribution in [-0.2, 0) is 0 Å². The van der Waals surface area contributed by atoms with E-state index in [2.05, 4.69) is 22.2 Å². The van der Waals surface area contributed by atoms with Crippen molar-refractivity contribution in [1.82, 2.24) is 14.5 Å². The van der Waals surface area contributed by atoms with E-state index in [9.17, 15) is 4.79 Å². The van der Waals surface area contributed by atoms with Crippen LogP contribution >= 0.6 is 0 Å². The maximum absolute atomic E-state index is 10.9. The van der Waals surface area contributed by atoms with Gasteiger partial charge in [0.1, 0.15) is 5.82 Å². The lowest BCUT2D eigenvalue weighted by Crippen LogP contribution is -2.14.